The average molecular weight is 317 g/mol. The van der Waals surface area contributed by atoms with E-state index in [0.717, 1.165) is 31.7 Å². The van der Waals surface area contributed by atoms with Crippen LogP contribution in [0.4, 0.5) is 5.82 Å². The Hall–Kier alpha value is -2.18. The minimum Gasteiger partial charge on any atom is -0.356 e. The second-order valence-corrected chi connectivity index (χ2v) is 6.39. The molecule has 7 nitrogen and oxygen atoms in total. The van der Waals surface area contributed by atoms with Crippen molar-refractivity contribution in [3.63, 3.8) is 0 Å². The molecule has 124 valence electrons. The van der Waals surface area contributed by atoms with Gasteiger partial charge in [-0.25, -0.2) is 9.97 Å². The fourth-order valence-electron chi connectivity index (χ4n) is 3.23. The van der Waals surface area contributed by atoms with E-state index in [9.17, 15) is 9.59 Å². The van der Waals surface area contributed by atoms with Gasteiger partial charge < -0.3 is 14.7 Å². The van der Waals surface area contributed by atoms with E-state index in [-0.39, 0.29) is 5.91 Å². The Labute approximate surface area is 136 Å². The molecule has 0 radical (unpaired) electrons. The van der Waals surface area contributed by atoms with Gasteiger partial charge in [0.2, 0.25) is 6.41 Å². The highest BCUT2D eigenvalue weighted by molar-refractivity contribution is 5.93. The molecule has 0 N–H and O–H groups in total. The van der Waals surface area contributed by atoms with Crippen LogP contribution in [0.2, 0.25) is 0 Å². The van der Waals surface area contributed by atoms with Gasteiger partial charge in [0.25, 0.3) is 5.91 Å². The van der Waals surface area contributed by atoms with Crippen LogP contribution in [0.5, 0.6) is 0 Å². The van der Waals surface area contributed by atoms with Gasteiger partial charge in [-0.15, -0.1) is 0 Å². The maximum Gasteiger partial charge on any atom is 0.272 e. The van der Waals surface area contributed by atoms with Gasteiger partial charge in [-0.05, 0) is 18.8 Å². The van der Waals surface area contributed by atoms with Crippen molar-refractivity contribution in [1.82, 2.24) is 19.8 Å². The van der Waals surface area contributed by atoms with E-state index in [1.807, 2.05) is 0 Å². The predicted molar refractivity (Wildman–Crippen MR) is 86.2 cm³/mol. The zero-order valence-corrected chi connectivity index (χ0v) is 13.5. The van der Waals surface area contributed by atoms with Crippen molar-refractivity contribution in [2.45, 2.75) is 19.8 Å². The molecule has 7 heteroatoms. The molecule has 0 aliphatic carbocycles. The normalized spacial score (nSPS) is 22.1. The third kappa shape index (κ3) is 3.60. The standard InChI is InChI=1S/C16H23N5O2/c1-13-3-2-4-21(10-13)15-9-14(17-11-18-15)16(23)20-7-5-19(12-22)6-8-20/h9,11-13H,2-8,10H2,1H3. The number of piperazine rings is 1. The Kier molecular flexibility index (Phi) is 4.73. The highest BCUT2D eigenvalue weighted by Crippen LogP contribution is 2.21. The fraction of sp³-hybridized carbons (Fsp3) is 0.625. The SMILES string of the molecule is CC1CCCN(c2cc(C(=O)N3CCN(C=O)CC3)ncn2)C1. The van der Waals surface area contributed by atoms with Crippen molar-refractivity contribution in [2.24, 2.45) is 5.92 Å². The number of hydrogen-bond donors (Lipinski definition) is 0. The Morgan fingerprint density at radius 3 is 2.70 bits per heavy atom. The van der Waals surface area contributed by atoms with Gasteiger partial charge in [-0.2, -0.15) is 0 Å². The first kappa shape index (κ1) is 15.7. The van der Waals surface area contributed by atoms with Crippen LogP contribution in [0.1, 0.15) is 30.3 Å². The predicted octanol–water partition coefficient (Wildman–Crippen LogP) is 0.627. The lowest BCUT2D eigenvalue weighted by Gasteiger charge is -2.33. The van der Waals surface area contributed by atoms with Crippen LogP contribution in [0.3, 0.4) is 0 Å². The molecule has 2 fully saturated rings. The first-order valence-electron chi connectivity index (χ1n) is 8.23. The summed E-state index contributed by atoms with van der Waals surface area (Å²) in [5, 5.41) is 0. The number of aromatic nitrogens is 2. The molecule has 2 amide bonds. The quantitative estimate of drug-likeness (QED) is 0.765. The lowest BCUT2D eigenvalue weighted by molar-refractivity contribution is -0.119. The van der Waals surface area contributed by atoms with Crippen LogP contribution in [0.25, 0.3) is 0 Å². The van der Waals surface area contributed by atoms with E-state index in [1.54, 1.807) is 15.9 Å². The largest absolute Gasteiger partial charge is 0.356 e. The number of carbonyl (C=O) groups excluding carboxylic acids is 2. The van der Waals surface area contributed by atoms with Gasteiger partial charge >= 0.3 is 0 Å². The molecule has 1 atom stereocenters. The minimum atomic E-state index is -0.0794. The molecule has 1 unspecified atom stereocenters. The number of piperidine rings is 1. The lowest BCUT2D eigenvalue weighted by Crippen LogP contribution is -2.48. The highest BCUT2D eigenvalue weighted by atomic mass is 16.2. The molecule has 1 aromatic heterocycles. The monoisotopic (exact) mass is 317 g/mol. The summed E-state index contributed by atoms with van der Waals surface area (Å²) in [5.41, 5.74) is 0.438. The first-order valence-corrected chi connectivity index (χ1v) is 8.23. The van der Waals surface area contributed by atoms with E-state index >= 15 is 0 Å². The minimum absolute atomic E-state index is 0.0794. The Bertz CT molecular complexity index is 571. The summed E-state index contributed by atoms with van der Waals surface area (Å²) in [6, 6.07) is 1.80. The van der Waals surface area contributed by atoms with E-state index in [1.165, 1.54) is 12.7 Å². The summed E-state index contributed by atoms with van der Waals surface area (Å²) >= 11 is 0. The molecule has 0 saturated carbocycles. The molecular weight excluding hydrogens is 294 g/mol. The third-order valence-corrected chi connectivity index (χ3v) is 4.60. The highest BCUT2D eigenvalue weighted by Gasteiger charge is 2.24. The lowest BCUT2D eigenvalue weighted by atomic mass is 10.0. The van der Waals surface area contributed by atoms with Crippen LogP contribution in [0, 0.1) is 5.92 Å². The smallest absolute Gasteiger partial charge is 0.272 e. The molecule has 23 heavy (non-hydrogen) atoms. The number of hydrogen-bond acceptors (Lipinski definition) is 5. The van der Waals surface area contributed by atoms with Gasteiger partial charge in [-0.1, -0.05) is 6.92 Å². The maximum absolute atomic E-state index is 12.6. The Morgan fingerprint density at radius 1 is 1.22 bits per heavy atom. The maximum atomic E-state index is 12.6. The van der Waals surface area contributed by atoms with E-state index in [0.29, 0.717) is 37.8 Å². The molecular formula is C16H23N5O2. The van der Waals surface area contributed by atoms with Gasteiger partial charge in [0.1, 0.15) is 17.8 Å². The topological polar surface area (TPSA) is 69.6 Å². The Morgan fingerprint density at radius 2 is 2.00 bits per heavy atom. The summed E-state index contributed by atoms with van der Waals surface area (Å²) in [5.74, 6) is 1.40. The van der Waals surface area contributed by atoms with Gasteiger partial charge in [0, 0.05) is 45.3 Å². The number of anilines is 1. The fourth-order valence-corrected chi connectivity index (χ4v) is 3.23. The number of nitrogens with zero attached hydrogens (tertiary/aromatic N) is 5. The summed E-state index contributed by atoms with van der Waals surface area (Å²) in [6.07, 6.45) is 4.71. The first-order chi connectivity index (χ1) is 11.2. The van der Waals surface area contributed by atoms with Crippen molar-refractivity contribution in [2.75, 3.05) is 44.2 Å². The number of amides is 2. The van der Waals surface area contributed by atoms with Gasteiger partial charge in [0.05, 0.1) is 0 Å². The molecule has 0 aromatic carbocycles. The van der Waals surface area contributed by atoms with Crippen molar-refractivity contribution < 1.29 is 9.59 Å². The summed E-state index contributed by atoms with van der Waals surface area (Å²) in [7, 11) is 0. The van der Waals surface area contributed by atoms with Crippen molar-refractivity contribution in [1.29, 1.82) is 0 Å². The number of carbonyl (C=O) groups is 2. The molecule has 2 aliphatic heterocycles. The zero-order valence-electron chi connectivity index (χ0n) is 13.5. The van der Waals surface area contributed by atoms with E-state index in [4.69, 9.17) is 0 Å². The van der Waals surface area contributed by atoms with E-state index in [2.05, 4.69) is 21.8 Å². The van der Waals surface area contributed by atoms with Crippen molar-refractivity contribution in [3.8, 4) is 0 Å². The summed E-state index contributed by atoms with van der Waals surface area (Å²) in [6.45, 7) is 6.46. The zero-order chi connectivity index (χ0) is 16.2. The van der Waals surface area contributed by atoms with Crippen LogP contribution >= 0.6 is 0 Å². The number of rotatable bonds is 3. The molecule has 3 heterocycles. The van der Waals surface area contributed by atoms with Crippen molar-refractivity contribution >= 4 is 18.1 Å². The van der Waals surface area contributed by atoms with Crippen LogP contribution in [-0.4, -0.2) is 71.4 Å². The summed E-state index contributed by atoms with van der Waals surface area (Å²) < 4.78 is 0. The van der Waals surface area contributed by atoms with Crippen LogP contribution in [0.15, 0.2) is 12.4 Å². The summed E-state index contributed by atoms with van der Waals surface area (Å²) in [4.78, 5) is 37.5. The molecule has 2 saturated heterocycles. The second-order valence-electron chi connectivity index (χ2n) is 6.39. The molecule has 3 rings (SSSR count). The Balaban J connectivity index is 1.69. The molecule has 0 spiro atoms. The molecule has 0 bridgehead atoms. The van der Waals surface area contributed by atoms with Gasteiger partial charge in [0.15, 0.2) is 0 Å². The molecule has 2 aliphatic rings. The van der Waals surface area contributed by atoms with Crippen LogP contribution in [-0.2, 0) is 4.79 Å². The average Bonchev–Trinajstić information content (AvgIpc) is 2.61. The van der Waals surface area contributed by atoms with E-state index < -0.39 is 0 Å². The van der Waals surface area contributed by atoms with Crippen molar-refractivity contribution in [3.05, 3.63) is 18.1 Å². The molecule has 1 aromatic rings. The van der Waals surface area contributed by atoms with Crippen LogP contribution < -0.4 is 4.90 Å². The van der Waals surface area contributed by atoms with Gasteiger partial charge in [-0.3, -0.25) is 9.59 Å². The second kappa shape index (κ2) is 6.93. The third-order valence-electron chi connectivity index (χ3n) is 4.60.